The fraction of sp³-hybridized carbons (Fsp3) is 0.364. The Balaban J connectivity index is 2.55. The number of carbonyl (C=O) groups is 1. The normalized spacial score (nSPS) is 23.9. The van der Waals surface area contributed by atoms with Crippen LogP contribution in [0.2, 0.25) is 0 Å². The summed E-state index contributed by atoms with van der Waals surface area (Å²) in [5.41, 5.74) is 1.09. The summed E-state index contributed by atoms with van der Waals surface area (Å²) in [6, 6.07) is 6.79. The number of benzene rings is 1. The summed E-state index contributed by atoms with van der Waals surface area (Å²) in [7, 11) is 1.54. The zero-order valence-corrected chi connectivity index (χ0v) is 10.7. The number of para-hydroxylation sites is 1. The van der Waals surface area contributed by atoms with Gasteiger partial charge in [-0.2, -0.15) is 0 Å². The maximum absolute atomic E-state index is 13.7. The van der Waals surface area contributed by atoms with Crippen molar-refractivity contribution in [1.29, 1.82) is 0 Å². The van der Waals surface area contributed by atoms with Gasteiger partial charge in [0.1, 0.15) is 0 Å². The number of nitrogens with zero attached hydrogens (tertiary/aromatic N) is 1. The first kappa shape index (κ1) is 11.8. The molecule has 1 unspecified atom stereocenters. The Hall–Kier alpha value is -0.720. The largest absolute Gasteiger partial charge is 0.314 e. The molecular formula is C11H10F2INO. The van der Waals surface area contributed by atoms with Crippen LogP contribution in [0, 0.1) is 0 Å². The van der Waals surface area contributed by atoms with Crippen molar-refractivity contribution >= 4 is 34.2 Å². The lowest BCUT2D eigenvalue weighted by Crippen LogP contribution is -2.41. The molecule has 1 aliphatic heterocycles. The van der Waals surface area contributed by atoms with Crippen LogP contribution in [0.15, 0.2) is 24.3 Å². The number of hydrogen-bond donors (Lipinski definition) is 0. The number of anilines is 1. The number of carbonyl (C=O) groups excluding carboxylic acids is 1. The second-order valence-electron chi connectivity index (χ2n) is 3.83. The molecule has 5 heteroatoms. The maximum Gasteiger partial charge on any atom is 0.272 e. The Morgan fingerprint density at radius 3 is 2.75 bits per heavy atom. The van der Waals surface area contributed by atoms with Crippen molar-refractivity contribution in [3.63, 3.8) is 0 Å². The van der Waals surface area contributed by atoms with Gasteiger partial charge in [-0.3, -0.25) is 4.79 Å². The van der Waals surface area contributed by atoms with E-state index in [9.17, 15) is 13.6 Å². The van der Waals surface area contributed by atoms with E-state index in [-0.39, 0.29) is 6.42 Å². The average molecular weight is 337 g/mol. The van der Waals surface area contributed by atoms with Crippen LogP contribution in [0.3, 0.4) is 0 Å². The van der Waals surface area contributed by atoms with E-state index >= 15 is 0 Å². The van der Waals surface area contributed by atoms with Crippen molar-refractivity contribution in [3.8, 4) is 0 Å². The van der Waals surface area contributed by atoms with Crippen LogP contribution in [-0.2, 0) is 11.2 Å². The second-order valence-corrected chi connectivity index (χ2v) is 5.07. The van der Waals surface area contributed by atoms with Gasteiger partial charge in [0.05, 0.1) is 0 Å². The molecule has 2 rings (SSSR count). The van der Waals surface area contributed by atoms with Crippen LogP contribution in [0.1, 0.15) is 5.56 Å². The molecule has 1 aromatic rings. The molecular weight excluding hydrogens is 327 g/mol. The fourth-order valence-electron chi connectivity index (χ4n) is 1.80. The van der Waals surface area contributed by atoms with E-state index < -0.39 is 15.8 Å². The lowest BCUT2D eigenvalue weighted by molar-refractivity contribution is -0.122. The highest BCUT2D eigenvalue weighted by Crippen LogP contribution is 2.37. The molecule has 0 saturated heterocycles. The summed E-state index contributed by atoms with van der Waals surface area (Å²) in [6.07, 6.45) is -0.382. The maximum atomic E-state index is 13.7. The zero-order chi connectivity index (χ0) is 11.9. The molecule has 2 nitrogen and oxygen atoms in total. The van der Waals surface area contributed by atoms with Gasteiger partial charge in [0.15, 0.2) is 3.92 Å². The molecule has 16 heavy (non-hydrogen) atoms. The van der Waals surface area contributed by atoms with E-state index in [1.165, 1.54) is 34.5 Å². The molecule has 1 atom stereocenters. The quantitative estimate of drug-likeness (QED) is 0.527. The smallest absolute Gasteiger partial charge is 0.272 e. The topological polar surface area (TPSA) is 20.3 Å². The zero-order valence-electron chi connectivity index (χ0n) is 8.58. The van der Waals surface area contributed by atoms with Gasteiger partial charge in [-0.25, -0.2) is 8.78 Å². The molecule has 0 saturated carbocycles. The van der Waals surface area contributed by atoms with Crippen molar-refractivity contribution in [2.45, 2.75) is 16.3 Å². The lowest BCUT2D eigenvalue weighted by Gasteiger charge is -2.20. The van der Waals surface area contributed by atoms with E-state index in [0.29, 0.717) is 11.3 Å². The minimum absolute atomic E-state index is 0.382. The van der Waals surface area contributed by atoms with E-state index in [2.05, 4.69) is 0 Å². The van der Waals surface area contributed by atoms with E-state index in [0.717, 1.165) is 0 Å². The third-order valence-electron chi connectivity index (χ3n) is 2.70. The van der Waals surface area contributed by atoms with Gasteiger partial charge in [-0.1, -0.05) is 40.8 Å². The van der Waals surface area contributed by atoms with Gasteiger partial charge >= 0.3 is 0 Å². The van der Waals surface area contributed by atoms with Crippen LogP contribution in [0.5, 0.6) is 0 Å². The monoisotopic (exact) mass is 337 g/mol. The molecule has 0 aromatic heterocycles. The molecule has 1 aromatic carbocycles. The molecule has 86 valence electrons. The van der Waals surface area contributed by atoms with Gasteiger partial charge < -0.3 is 4.90 Å². The van der Waals surface area contributed by atoms with Crippen LogP contribution in [0.4, 0.5) is 14.5 Å². The molecule has 0 N–H and O–H groups in total. The Morgan fingerprint density at radius 1 is 1.44 bits per heavy atom. The van der Waals surface area contributed by atoms with Gasteiger partial charge in [0, 0.05) is 19.2 Å². The average Bonchev–Trinajstić information content (AvgIpc) is 2.31. The van der Waals surface area contributed by atoms with Gasteiger partial charge in [-0.15, -0.1) is 0 Å². The third-order valence-corrected chi connectivity index (χ3v) is 4.14. The van der Waals surface area contributed by atoms with Crippen molar-refractivity contribution in [3.05, 3.63) is 29.8 Å². The van der Waals surface area contributed by atoms with Crippen LogP contribution in [-0.4, -0.2) is 22.8 Å². The molecule has 0 spiro atoms. The summed E-state index contributed by atoms with van der Waals surface area (Å²) in [4.78, 5) is 13.1. The number of hydrogen-bond acceptors (Lipinski definition) is 1. The number of halogens is 3. The Labute approximate surface area is 106 Å². The number of rotatable bonds is 0. The predicted octanol–water partition coefficient (Wildman–Crippen LogP) is 2.64. The first-order valence-corrected chi connectivity index (χ1v) is 6.05. The summed E-state index contributed by atoms with van der Waals surface area (Å²) < 4.78 is 26.1. The summed E-state index contributed by atoms with van der Waals surface area (Å²) in [5.74, 6) is -3.53. The van der Waals surface area contributed by atoms with Crippen LogP contribution >= 0.6 is 22.6 Å². The number of fused-ring (bicyclic) bond motifs is 1. The minimum Gasteiger partial charge on any atom is -0.314 e. The van der Waals surface area contributed by atoms with E-state index in [1.54, 1.807) is 24.3 Å². The summed E-state index contributed by atoms with van der Waals surface area (Å²) in [6.45, 7) is 0. The van der Waals surface area contributed by atoms with Crippen molar-refractivity contribution in [2.24, 2.45) is 0 Å². The van der Waals surface area contributed by atoms with E-state index in [1.807, 2.05) is 0 Å². The van der Waals surface area contributed by atoms with Gasteiger partial charge in [0.25, 0.3) is 5.92 Å². The first-order chi connectivity index (χ1) is 7.43. The van der Waals surface area contributed by atoms with Crippen LogP contribution in [0.25, 0.3) is 0 Å². The Kier molecular flexibility index (Phi) is 2.90. The summed E-state index contributed by atoms with van der Waals surface area (Å²) in [5, 5.41) is 0. The predicted molar refractivity (Wildman–Crippen MR) is 66.3 cm³/mol. The SMILES string of the molecule is CN1C(=O)C(I)C(F)(F)Cc2ccccc21. The third kappa shape index (κ3) is 1.81. The number of alkyl halides is 3. The highest BCUT2D eigenvalue weighted by atomic mass is 127. The van der Waals surface area contributed by atoms with Crippen molar-refractivity contribution in [2.75, 3.05) is 11.9 Å². The molecule has 1 aliphatic rings. The molecule has 0 fully saturated rings. The van der Waals surface area contributed by atoms with Gasteiger partial charge in [-0.05, 0) is 11.6 Å². The second kappa shape index (κ2) is 3.94. The molecule has 0 radical (unpaired) electrons. The fourth-order valence-corrected chi connectivity index (χ4v) is 2.44. The van der Waals surface area contributed by atoms with E-state index in [4.69, 9.17) is 0 Å². The minimum atomic E-state index is -2.99. The lowest BCUT2D eigenvalue weighted by atomic mass is 10.1. The molecule has 1 heterocycles. The Bertz CT molecular complexity index is 436. The van der Waals surface area contributed by atoms with Gasteiger partial charge in [0.2, 0.25) is 5.91 Å². The highest BCUT2D eigenvalue weighted by molar-refractivity contribution is 14.1. The Morgan fingerprint density at radius 2 is 2.06 bits per heavy atom. The standard InChI is InChI=1S/C11H10F2INO/c1-15-8-5-3-2-4-7(8)6-11(12,13)9(14)10(15)16/h2-5,9H,6H2,1H3. The van der Waals surface area contributed by atoms with Crippen LogP contribution < -0.4 is 4.90 Å². The number of amides is 1. The highest BCUT2D eigenvalue weighted by Gasteiger charge is 2.46. The molecule has 1 amide bonds. The molecule has 0 aliphatic carbocycles. The first-order valence-electron chi connectivity index (χ1n) is 4.81. The van der Waals surface area contributed by atoms with Crippen molar-refractivity contribution in [1.82, 2.24) is 0 Å². The molecule has 0 bridgehead atoms. The van der Waals surface area contributed by atoms with Crippen molar-refractivity contribution < 1.29 is 13.6 Å². The summed E-state index contributed by atoms with van der Waals surface area (Å²) >= 11 is 1.52.